The van der Waals surface area contributed by atoms with Gasteiger partial charge in [0.2, 0.25) is 0 Å². The molecule has 4 heteroatoms. The first-order valence-corrected chi connectivity index (χ1v) is 8.20. The van der Waals surface area contributed by atoms with Crippen molar-refractivity contribution in [2.45, 2.75) is 45.0 Å². The van der Waals surface area contributed by atoms with Crippen LogP contribution in [-0.4, -0.2) is 9.55 Å². The number of imidazole rings is 1. The number of hydrogen-bond acceptors (Lipinski definition) is 2. The minimum absolute atomic E-state index is 0.416. The second-order valence-corrected chi connectivity index (χ2v) is 6.49. The number of alkyl halides is 1. The van der Waals surface area contributed by atoms with Gasteiger partial charge in [-0.3, -0.25) is 0 Å². The van der Waals surface area contributed by atoms with Crippen LogP contribution in [0.3, 0.4) is 0 Å². The minimum Gasteiger partial charge on any atom is -0.327 e. The Labute approximate surface area is 130 Å². The Balaban J connectivity index is 1.97. The van der Waals surface area contributed by atoms with Crippen LogP contribution in [0.5, 0.6) is 0 Å². The number of hydrogen-bond donors (Lipinski definition) is 0. The molecule has 0 amide bonds. The smallest absolute Gasteiger partial charge is 0.124 e. The summed E-state index contributed by atoms with van der Waals surface area (Å²) in [5.41, 5.74) is 2.67. The molecule has 0 aliphatic heterocycles. The first-order valence-electron chi connectivity index (χ1n) is 7.66. The van der Waals surface area contributed by atoms with Gasteiger partial charge in [0.05, 0.1) is 28.5 Å². The summed E-state index contributed by atoms with van der Waals surface area (Å²) in [6.45, 7) is 3.31. The van der Waals surface area contributed by atoms with Crippen LogP contribution in [0.2, 0.25) is 0 Å². The van der Waals surface area contributed by atoms with Crippen LogP contribution in [-0.2, 0) is 12.4 Å². The predicted molar refractivity (Wildman–Crippen MR) is 85.1 cm³/mol. The van der Waals surface area contributed by atoms with Gasteiger partial charge >= 0.3 is 0 Å². The molecule has 21 heavy (non-hydrogen) atoms. The van der Waals surface area contributed by atoms with Gasteiger partial charge in [-0.15, -0.1) is 11.6 Å². The van der Waals surface area contributed by atoms with Crippen molar-refractivity contribution >= 4 is 22.6 Å². The summed E-state index contributed by atoms with van der Waals surface area (Å²) in [7, 11) is 0. The normalized spacial score (nSPS) is 22.3. The van der Waals surface area contributed by atoms with E-state index in [1.807, 2.05) is 18.2 Å². The highest BCUT2D eigenvalue weighted by atomic mass is 35.5. The second kappa shape index (κ2) is 6.07. The molecule has 0 radical (unpaired) electrons. The fourth-order valence-electron chi connectivity index (χ4n) is 3.53. The van der Waals surface area contributed by atoms with Crippen molar-refractivity contribution in [2.75, 3.05) is 0 Å². The standard InChI is InChI=1S/C17H20ClN3/c1-12-3-2-4-14(7-12)11-21-16-8-13(10-19)5-6-15(16)20-17(21)9-18/h5-6,8,12,14H,2-4,7,9,11H2,1H3. The molecule has 0 spiro atoms. The first-order chi connectivity index (χ1) is 10.2. The molecule has 2 aromatic rings. The maximum atomic E-state index is 9.10. The molecule has 3 nitrogen and oxygen atoms in total. The van der Waals surface area contributed by atoms with Crippen LogP contribution < -0.4 is 0 Å². The Morgan fingerprint density at radius 3 is 3.00 bits per heavy atom. The molecule has 1 fully saturated rings. The number of halogens is 1. The fraction of sp³-hybridized carbons (Fsp3) is 0.529. The quantitative estimate of drug-likeness (QED) is 0.785. The van der Waals surface area contributed by atoms with Crippen molar-refractivity contribution in [1.82, 2.24) is 9.55 Å². The highest BCUT2D eigenvalue weighted by molar-refractivity contribution is 6.16. The Kier molecular flexibility index (Phi) is 4.17. The van der Waals surface area contributed by atoms with Crippen LogP contribution in [0.1, 0.15) is 44.0 Å². The SMILES string of the molecule is CC1CCCC(Cn2c(CCl)nc3ccc(C#N)cc32)C1. The summed E-state index contributed by atoms with van der Waals surface area (Å²) in [5.74, 6) is 2.84. The van der Waals surface area contributed by atoms with Gasteiger partial charge in [-0.25, -0.2) is 4.98 Å². The lowest BCUT2D eigenvalue weighted by molar-refractivity contribution is 0.257. The molecule has 110 valence electrons. The molecular weight excluding hydrogens is 282 g/mol. The molecule has 0 N–H and O–H groups in total. The summed E-state index contributed by atoms with van der Waals surface area (Å²) in [5, 5.41) is 9.10. The van der Waals surface area contributed by atoms with Gasteiger partial charge in [0, 0.05) is 6.54 Å². The van der Waals surface area contributed by atoms with Crippen molar-refractivity contribution in [1.29, 1.82) is 5.26 Å². The lowest BCUT2D eigenvalue weighted by Crippen LogP contribution is -2.19. The molecule has 1 saturated carbocycles. The van der Waals surface area contributed by atoms with Crippen LogP contribution in [0.15, 0.2) is 18.2 Å². The first kappa shape index (κ1) is 14.4. The minimum atomic E-state index is 0.416. The fourth-order valence-corrected chi connectivity index (χ4v) is 3.74. The van der Waals surface area contributed by atoms with Crippen molar-refractivity contribution in [3.63, 3.8) is 0 Å². The molecule has 2 atom stereocenters. The van der Waals surface area contributed by atoms with E-state index >= 15 is 0 Å². The highest BCUT2D eigenvalue weighted by Crippen LogP contribution is 2.31. The van der Waals surface area contributed by atoms with E-state index in [2.05, 4.69) is 22.5 Å². The monoisotopic (exact) mass is 301 g/mol. The lowest BCUT2D eigenvalue weighted by Gasteiger charge is -2.27. The van der Waals surface area contributed by atoms with Gasteiger partial charge < -0.3 is 4.57 Å². The summed E-state index contributed by atoms with van der Waals surface area (Å²) in [6, 6.07) is 7.89. The van der Waals surface area contributed by atoms with Gasteiger partial charge in [0.25, 0.3) is 0 Å². The summed E-state index contributed by atoms with van der Waals surface area (Å²) in [4.78, 5) is 4.61. The third-order valence-electron chi connectivity index (χ3n) is 4.56. The molecule has 1 aliphatic rings. The number of rotatable bonds is 3. The van der Waals surface area contributed by atoms with Gasteiger partial charge in [0.15, 0.2) is 0 Å². The predicted octanol–water partition coefficient (Wildman–Crippen LogP) is 4.47. The number of aromatic nitrogens is 2. The molecule has 1 heterocycles. The molecule has 1 aromatic carbocycles. The summed E-state index contributed by atoms with van der Waals surface area (Å²) < 4.78 is 2.23. The Morgan fingerprint density at radius 1 is 1.43 bits per heavy atom. The third-order valence-corrected chi connectivity index (χ3v) is 4.80. The van der Waals surface area contributed by atoms with E-state index in [1.54, 1.807) is 0 Å². The molecule has 0 saturated heterocycles. The van der Waals surface area contributed by atoms with Gasteiger partial charge in [-0.05, 0) is 42.9 Å². The molecule has 0 bridgehead atoms. The van der Waals surface area contributed by atoms with Crippen LogP contribution in [0, 0.1) is 23.2 Å². The summed E-state index contributed by atoms with van der Waals surface area (Å²) >= 11 is 6.08. The van der Waals surface area contributed by atoms with Crippen LogP contribution >= 0.6 is 11.6 Å². The van der Waals surface area contributed by atoms with E-state index in [1.165, 1.54) is 25.7 Å². The topological polar surface area (TPSA) is 41.6 Å². The molecule has 1 aromatic heterocycles. The van der Waals surface area contributed by atoms with Crippen molar-refractivity contribution in [2.24, 2.45) is 11.8 Å². The zero-order valence-electron chi connectivity index (χ0n) is 12.3. The zero-order chi connectivity index (χ0) is 14.8. The lowest BCUT2D eigenvalue weighted by atomic mass is 9.82. The molecule has 3 rings (SSSR count). The second-order valence-electron chi connectivity index (χ2n) is 6.23. The average molecular weight is 302 g/mol. The molecular formula is C17H20ClN3. The highest BCUT2D eigenvalue weighted by Gasteiger charge is 2.21. The van der Waals surface area contributed by atoms with E-state index in [0.717, 1.165) is 29.3 Å². The van der Waals surface area contributed by atoms with E-state index in [9.17, 15) is 0 Å². The van der Waals surface area contributed by atoms with Crippen molar-refractivity contribution in [3.05, 3.63) is 29.6 Å². The largest absolute Gasteiger partial charge is 0.327 e. The molecule has 2 unspecified atom stereocenters. The van der Waals surface area contributed by atoms with E-state index < -0.39 is 0 Å². The van der Waals surface area contributed by atoms with E-state index in [4.69, 9.17) is 16.9 Å². The van der Waals surface area contributed by atoms with Crippen LogP contribution in [0.4, 0.5) is 0 Å². The maximum Gasteiger partial charge on any atom is 0.124 e. The van der Waals surface area contributed by atoms with Gasteiger partial charge in [-0.1, -0.05) is 19.8 Å². The maximum absolute atomic E-state index is 9.10. The summed E-state index contributed by atoms with van der Waals surface area (Å²) in [6.07, 6.45) is 5.23. The van der Waals surface area contributed by atoms with Crippen molar-refractivity contribution < 1.29 is 0 Å². The van der Waals surface area contributed by atoms with Gasteiger partial charge in [0.1, 0.15) is 5.82 Å². The van der Waals surface area contributed by atoms with Crippen LogP contribution in [0.25, 0.3) is 11.0 Å². The number of nitrogens with zero attached hydrogens (tertiary/aromatic N) is 3. The van der Waals surface area contributed by atoms with Crippen molar-refractivity contribution in [3.8, 4) is 6.07 Å². The Bertz CT molecular complexity index is 683. The average Bonchev–Trinajstić information content (AvgIpc) is 2.84. The zero-order valence-corrected chi connectivity index (χ0v) is 13.1. The Morgan fingerprint density at radius 2 is 2.29 bits per heavy atom. The van der Waals surface area contributed by atoms with E-state index in [0.29, 0.717) is 17.4 Å². The number of nitriles is 1. The Hall–Kier alpha value is -1.53. The van der Waals surface area contributed by atoms with Gasteiger partial charge in [-0.2, -0.15) is 5.26 Å². The number of fused-ring (bicyclic) bond motifs is 1. The third kappa shape index (κ3) is 2.91. The van der Waals surface area contributed by atoms with E-state index in [-0.39, 0.29) is 0 Å². The number of benzene rings is 1. The molecule has 1 aliphatic carbocycles.